The van der Waals surface area contributed by atoms with Crippen molar-refractivity contribution in [2.45, 2.75) is 11.4 Å². The summed E-state index contributed by atoms with van der Waals surface area (Å²) in [7, 11) is -2.30. The van der Waals surface area contributed by atoms with Crippen molar-refractivity contribution >= 4 is 27.3 Å². The lowest BCUT2D eigenvalue weighted by atomic mass is 10.2. The Morgan fingerprint density at radius 2 is 1.86 bits per heavy atom. The summed E-state index contributed by atoms with van der Waals surface area (Å²) < 4.78 is 32.2. The molecule has 0 aliphatic heterocycles. The highest BCUT2D eigenvalue weighted by Gasteiger charge is 2.19. The summed E-state index contributed by atoms with van der Waals surface area (Å²) in [6.45, 7) is 0.161. The molecule has 21 heavy (non-hydrogen) atoms. The van der Waals surface area contributed by atoms with Gasteiger partial charge in [0.15, 0.2) is 0 Å². The molecule has 0 atom stereocenters. The van der Waals surface area contributed by atoms with Crippen LogP contribution in [0.2, 0.25) is 5.02 Å². The highest BCUT2D eigenvalue weighted by molar-refractivity contribution is 7.89. The lowest BCUT2D eigenvalue weighted by Crippen LogP contribution is -2.23. The molecule has 0 amide bonds. The van der Waals surface area contributed by atoms with Crippen LogP contribution in [0.4, 0.5) is 5.69 Å². The maximum absolute atomic E-state index is 12.3. The summed E-state index contributed by atoms with van der Waals surface area (Å²) in [5, 5.41) is 0.407. The summed E-state index contributed by atoms with van der Waals surface area (Å²) in [5.74, 6) is 0.201. The van der Waals surface area contributed by atoms with E-state index in [1.807, 2.05) is 0 Å². The first-order valence-corrected chi connectivity index (χ1v) is 7.96. The number of rotatable bonds is 5. The largest absolute Gasteiger partial charge is 0.495 e. The van der Waals surface area contributed by atoms with Crippen LogP contribution in [0.1, 0.15) is 5.56 Å². The number of halogens is 1. The molecule has 0 saturated heterocycles. The van der Waals surface area contributed by atoms with Crippen molar-refractivity contribution in [1.82, 2.24) is 4.72 Å². The van der Waals surface area contributed by atoms with Crippen molar-refractivity contribution < 1.29 is 13.2 Å². The Morgan fingerprint density at radius 1 is 1.19 bits per heavy atom. The van der Waals surface area contributed by atoms with Crippen LogP contribution in [0, 0.1) is 0 Å². The highest BCUT2D eigenvalue weighted by Crippen LogP contribution is 2.27. The molecular weight excluding hydrogens is 312 g/mol. The zero-order valence-corrected chi connectivity index (χ0v) is 12.9. The summed E-state index contributed by atoms with van der Waals surface area (Å²) in [4.78, 5) is 0.0462. The molecule has 0 aromatic heterocycles. The molecule has 0 heterocycles. The monoisotopic (exact) mass is 326 g/mol. The molecule has 2 aromatic carbocycles. The second-order valence-electron chi connectivity index (χ2n) is 4.36. The number of benzene rings is 2. The van der Waals surface area contributed by atoms with Crippen LogP contribution in [0.3, 0.4) is 0 Å². The number of anilines is 1. The van der Waals surface area contributed by atoms with E-state index in [0.29, 0.717) is 10.7 Å². The first-order chi connectivity index (χ1) is 9.92. The van der Waals surface area contributed by atoms with Gasteiger partial charge in [0, 0.05) is 23.3 Å². The van der Waals surface area contributed by atoms with E-state index >= 15 is 0 Å². The number of hydrogen-bond donors (Lipinski definition) is 2. The topological polar surface area (TPSA) is 81.4 Å². The quantitative estimate of drug-likeness (QED) is 0.827. The van der Waals surface area contributed by atoms with Crippen LogP contribution in [0.25, 0.3) is 0 Å². The number of ether oxygens (including phenoxy) is 1. The Balaban J connectivity index is 2.20. The fourth-order valence-corrected chi connectivity index (χ4v) is 3.08. The van der Waals surface area contributed by atoms with Gasteiger partial charge in [-0.1, -0.05) is 23.7 Å². The van der Waals surface area contributed by atoms with Crippen LogP contribution in [-0.2, 0) is 16.6 Å². The lowest BCUT2D eigenvalue weighted by molar-refractivity contribution is 0.402. The molecule has 0 saturated carbocycles. The predicted octanol–water partition coefficient (Wildman–Crippen LogP) is 2.41. The van der Waals surface area contributed by atoms with E-state index in [9.17, 15) is 8.42 Å². The van der Waals surface area contributed by atoms with Gasteiger partial charge < -0.3 is 10.5 Å². The summed E-state index contributed by atoms with van der Waals surface area (Å²) in [6, 6.07) is 11.3. The highest BCUT2D eigenvalue weighted by atomic mass is 35.5. The molecule has 0 unspecified atom stereocenters. The van der Waals surface area contributed by atoms with E-state index in [-0.39, 0.29) is 17.2 Å². The van der Waals surface area contributed by atoms with Gasteiger partial charge in [-0.05, 0) is 29.8 Å². The molecule has 0 aliphatic carbocycles. The first-order valence-electron chi connectivity index (χ1n) is 6.10. The molecule has 7 heteroatoms. The normalized spacial score (nSPS) is 11.3. The van der Waals surface area contributed by atoms with Gasteiger partial charge in [-0.2, -0.15) is 0 Å². The van der Waals surface area contributed by atoms with E-state index in [0.717, 1.165) is 5.56 Å². The fourth-order valence-electron chi connectivity index (χ4n) is 1.76. The molecule has 0 radical (unpaired) electrons. The zero-order valence-electron chi connectivity index (χ0n) is 11.3. The van der Waals surface area contributed by atoms with Crippen LogP contribution < -0.4 is 15.2 Å². The Bertz CT molecular complexity index is 730. The molecule has 0 spiro atoms. The minimum atomic E-state index is -3.69. The molecule has 2 aromatic rings. The minimum Gasteiger partial charge on any atom is -0.495 e. The van der Waals surface area contributed by atoms with E-state index in [1.165, 1.54) is 25.3 Å². The Kier molecular flexibility index (Phi) is 4.72. The Morgan fingerprint density at radius 3 is 2.48 bits per heavy atom. The maximum atomic E-state index is 12.3. The number of nitrogen functional groups attached to an aromatic ring is 1. The molecule has 0 fully saturated rings. The Labute approximate surface area is 128 Å². The summed E-state index contributed by atoms with van der Waals surface area (Å²) >= 11 is 5.83. The summed E-state index contributed by atoms with van der Waals surface area (Å²) in [5.41, 5.74) is 7.02. The number of methoxy groups -OCH3 is 1. The van der Waals surface area contributed by atoms with Gasteiger partial charge in [0.05, 0.1) is 7.11 Å². The van der Waals surface area contributed by atoms with Crippen LogP contribution in [0.5, 0.6) is 5.75 Å². The first kappa shape index (κ1) is 15.6. The third kappa shape index (κ3) is 3.87. The number of sulfonamides is 1. The van der Waals surface area contributed by atoms with Gasteiger partial charge >= 0.3 is 0 Å². The molecule has 0 aliphatic rings. The Hall–Kier alpha value is -1.76. The van der Waals surface area contributed by atoms with Gasteiger partial charge in [-0.3, -0.25) is 0 Å². The zero-order chi connectivity index (χ0) is 15.5. The van der Waals surface area contributed by atoms with Crippen molar-refractivity contribution in [3.8, 4) is 5.75 Å². The van der Waals surface area contributed by atoms with Crippen molar-refractivity contribution in [3.63, 3.8) is 0 Å². The molecule has 3 N–H and O–H groups in total. The number of nitrogens with two attached hydrogens (primary N) is 1. The third-order valence-electron chi connectivity index (χ3n) is 2.86. The molecule has 0 bridgehead atoms. The van der Waals surface area contributed by atoms with Crippen LogP contribution in [0.15, 0.2) is 47.4 Å². The second kappa shape index (κ2) is 6.34. The van der Waals surface area contributed by atoms with Gasteiger partial charge in [0.25, 0.3) is 0 Å². The third-order valence-corrected chi connectivity index (χ3v) is 4.54. The maximum Gasteiger partial charge on any atom is 0.244 e. The van der Waals surface area contributed by atoms with Crippen molar-refractivity contribution in [2.75, 3.05) is 12.8 Å². The fraction of sp³-hybridized carbons (Fsp3) is 0.143. The smallest absolute Gasteiger partial charge is 0.244 e. The molecule has 5 nitrogen and oxygen atoms in total. The van der Waals surface area contributed by atoms with Crippen molar-refractivity contribution in [2.24, 2.45) is 0 Å². The lowest BCUT2D eigenvalue weighted by Gasteiger charge is -2.11. The predicted molar refractivity (Wildman–Crippen MR) is 82.9 cm³/mol. The number of hydrogen-bond acceptors (Lipinski definition) is 4. The van der Waals surface area contributed by atoms with Crippen molar-refractivity contribution in [1.29, 1.82) is 0 Å². The van der Waals surface area contributed by atoms with E-state index < -0.39 is 10.0 Å². The standard InChI is InChI=1S/C14H15ClN2O3S/c1-20-13-8-11(15)4-7-14(13)21(18,19)17-9-10-2-5-12(16)6-3-10/h2-8,17H,9,16H2,1H3. The minimum absolute atomic E-state index is 0.0462. The van der Waals surface area contributed by atoms with Crippen molar-refractivity contribution in [3.05, 3.63) is 53.1 Å². The number of nitrogens with one attached hydrogen (secondary N) is 1. The average Bonchev–Trinajstić information content (AvgIpc) is 2.46. The molecule has 112 valence electrons. The van der Waals surface area contributed by atoms with E-state index in [1.54, 1.807) is 24.3 Å². The molecular formula is C14H15ClN2O3S. The van der Waals surface area contributed by atoms with Crippen LogP contribution >= 0.6 is 11.6 Å². The average molecular weight is 327 g/mol. The van der Waals surface area contributed by atoms with Gasteiger partial charge in [0.2, 0.25) is 10.0 Å². The van der Waals surface area contributed by atoms with Gasteiger partial charge in [-0.15, -0.1) is 0 Å². The van der Waals surface area contributed by atoms with Gasteiger partial charge in [0.1, 0.15) is 10.6 Å². The SMILES string of the molecule is COc1cc(Cl)ccc1S(=O)(=O)NCc1ccc(N)cc1. The van der Waals surface area contributed by atoms with Crippen LogP contribution in [-0.4, -0.2) is 15.5 Å². The van der Waals surface area contributed by atoms with Gasteiger partial charge in [-0.25, -0.2) is 13.1 Å². The molecule has 2 rings (SSSR count). The van der Waals surface area contributed by atoms with E-state index in [2.05, 4.69) is 4.72 Å². The summed E-state index contributed by atoms with van der Waals surface area (Å²) in [6.07, 6.45) is 0. The second-order valence-corrected chi connectivity index (χ2v) is 6.53. The van der Waals surface area contributed by atoms with E-state index in [4.69, 9.17) is 22.1 Å².